The van der Waals surface area contributed by atoms with E-state index >= 15 is 0 Å². The van der Waals surface area contributed by atoms with E-state index in [2.05, 4.69) is 10.3 Å². The summed E-state index contributed by atoms with van der Waals surface area (Å²) in [7, 11) is 0. The molecule has 1 aromatic heterocycles. The molecule has 1 rings (SSSR count). The Morgan fingerprint density at radius 1 is 1.29 bits per heavy atom. The first-order valence-corrected chi connectivity index (χ1v) is 7.23. The summed E-state index contributed by atoms with van der Waals surface area (Å²) in [5.41, 5.74) is 0.968. The SMILES string of the molecule is CCNC(CCOCC(F)F)c1cncc(OC(C)C)c1. The van der Waals surface area contributed by atoms with Crippen LogP contribution in [0.1, 0.15) is 38.8 Å². The van der Waals surface area contributed by atoms with Gasteiger partial charge in [0.15, 0.2) is 0 Å². The van der Waals surface area contributed by atoms with Crippen molar-refractivity contribution < 1.29 is 18.3 Å². The maximum atomic E-state index is 12.0. The van der Waals surface area contributed by atoms with Gasteiger partial charge >= 0.3 is 0 Å². The van der Waals surface area contributed by atoms with Crippen molar-refractivity contribution in [3.05, 3.63) is 24.0 Å². The van der Waals surface area contributed by atoms with Crippen LogP contribution in [0, 0.1) is 0 Å². The molecule has 21 heavy (non-hydrogen) atoms. The first-order chi connectivity index (χ1) is 10.0. The average Bonchev–Trinajstić information content (AvgIpc) is 2.41. The van der Waals surface area contributed by atoms with E-state index < -0.39 is 13.0 Å². The maximum absolute atomic E-state index is 12.0. The van der Waals surface area contributed by atoms with Crippen LogP contribution in [0.3, 0.4) is 0 Å². The molecule has 1 aromatic rings. The van der Waals surface area contributed by atoms with Crippen LogP contribution < -0.4 is 10.1 Å². The number of ether oxygens (including phenoxy) is 2. The number of hydrogen-bond donors (Lipinski definition) is 1. The average molecular weight is 302 g/mol. The number of rotatable bonds is 10. The molecule has 0 spiro atoms. The Balaban J connectivity index is 2.62. The molecule has 0 fully saturated rings. The summed E-state index contributed by atoms with van der Waals surface area (Å²) in [6, 6.07) is 1.93. The number of nitrogens with zero attached hydrogens (tertiary/aromatic N) is 1. The smallest absolute Gasteiger partial charge is 0.261 e. The molecule has 120 valence electrons. The molecule has 0 amide bonds. The van der Waals surface area contributed by atoms with Gasteiger partial charge in [-0.3, -0.25) is 4.98 Å². The van der Waals surface area contributed by atoms with Crippen LogP contribution in [-0.4, -0.2) is 37.3 Å². The molecule has 0 aromatic carbocycles. The minimum atomic E-state index is -2.42. The zero-order valence-electron chi connectivity index (χ0n) is 12.8. The summed E-state index contributed by atoms with van der Waals surface area (Å²) in [5.74, 6) is 0.707. The van der Waals surface area contributed by atoms with Gasteiger partial charge < -0.3 is 14.8 Å². The lowest BCUT2D eigenvalue weighted by Gasteiger charge is -2.19. The number of pyridine rings is 1. The normalized spacial score (nSPS) is 12.9. The van der Waals surface area contributed by atoms with Gasteiger partial charge in [-0.2, -0.15) is 0 Å². The Morgan fingerprint density at radius 2 is 2.05 bits per heavy atom. The summed E-state index contributed by atoms with van der Waals surface area (Å²) >= 11 is 0. The van der Waals surface area contributed by atoms with Crippen LogP contribution >= 0.6 is 0 Å². The lowest BCUT2D eigenvalue weighted by molar-refractivity contribution is 0.0144. The molecule has 0 aliphatic rings. The highest BCUT2D eigenvalue weighted by molar-refractivity contribution is 5.26. The second-order valence-corrected chi connectivity index (χ2v) is 4.99. The van der Waals surface area contributed by atoms with Crippen molar-refractivity contribution in [2.24, 2.45) is 0 Å². The molecule has 6 heteroatoms. The van der Waals surface area contributed by atoms with E-state index in [9.17, 15) is 8.78 Å². The quantitative estimate of drug-likeness (QED) is 0.674. The highest BCUT2D eigenvalue weighted by atomic mass is 19.3. The second-order valence-electron chi connectivity index (χ2n) is 4.99. The zero-order chi connectivity index (χ0) is 15.7. The summed E-state index contributed by atoms with van der Waals surface area (Å²) in [6.07, 6.45) is 1.68. The van der Waals surface area contributed by atoms with Gasteiger partial charge in [0.2, 0.25) is 0 Å². The molecule has 1 atom stereocenters. The lowest BCUT2D eigenvalue weighted by Crippen LogP contribution is -2.23. The Morgan fingerprint density at radius 3 is 2.67 bits per heavy atom. The first kappa shape index (κ1) is 17.8. The Labute approximate surface area is 124 Å². The van der Waals surface area contributed by atoms with E-state index in [0.717, 1.165) is 12.1 Å². The summed E-state index contributed by atoms with van der Waals surface area (Å²) in [5, 5.41) is 3.30. The fraction of sp³-hybridized carbons (Fsp3) is 0.667. The highest BCUT2D eigenvalue weighted by Gasteiger charge is 2.13. The van der Waals surface area contributed by atoms with Crippen molar-refractivity contribution >= 4 is 0 Å². The van der Waals surface area contributed by atoms with Gasteiger partial charge in [0.1, 0.15) is 12.4 Å². The van der Waals surface area contributed by atoms with E-state index in [1.807, 2.05) is 26.8 Å². The number of nitrogens with one attached hydrogen (secondary N) is 1. The van der Waals surface area contributed by atoms with E-state index in [1.54, 1.807) is 12.4 Å². The predicted octanol–water partition coefficient (Wildman–Crippen LogP) is 3.19. The summed E-state index contributed by atoms with van der Waals surface area (Å²) in [4.78, 5) is 4.17. The van der Waals surface area contributed by atoms with E-state index in [1.165, 1.54) is 0 Å². The van der Waals surface area contributed by atoms with Crippen molar-refractivity contribution in [2.45, 2.75) is 45.8 Å². The Hall–Kier alpha value is -1.27. The zero-order valence-corrected chi connectivity index (χ0v) is 12.8. The fourth-order valence-corrected chi connectivity index (χ4v) is 1.97. The molecule has 0 saturated carbocycles. The van der Waals surface area contributed by atoms with Crippen LogP contribution in [0.25, 0.3) is 0 Å². The molecule has 4 nitrogen and oxygen atoms in total. The van der Waals surface area contributed by atoms with Gasteiger partial charge in [-0.25, -0.2) is 8.78 Å². The molecule has 0 saturated heterocycles. The van der Waals surface area contributed by atoms with Crippen LogP contribution in [0.15, 0.2) is 18.5 Å². The minimum Gasteiger partial charge on any atom is -0.489 e. The monoisotopic (exact) mass is 302 g/mol. The molecule has 0 radical (unpaired) electrons. The Bertz CT molecular complexity index is 403. The predicted molar refractivity (Wildman–Crippen MR) is 77.9 cm³/mol. The van der Waals surface area contributed by atoms with Gasteiger partial charge in [0.25, 0.3) is 6.43 Å². The molecule has 1 unspecified atom stereocenters. The standard InChI is InChI=1S/C15H24F2N2O2/c1-4-19-14(5-6-20-10-15(16)17)12-7-13(9-18-8-12)21-11(2)3/h7-9,11,14-15,19H,4-6,10H2,1-3H3. The molecule has 0 aliphatic carbocycles. The van der Waals surface area contributed by atoms with Gasteiger partial charge in [-0.1, -0.05) is 6.92 Å². The van der Waals surface area contributed by atoms with E-state index in [0.29, 0.717) is 12.2 Å². The van der Waals surface area contributed by atoms with Gasteiger partial charge in [0.05, 0.1) is 12.3 Å². The third-order valence-corrected chi connectivity index (χ3v) is 2.75. The van der Waals surface area contributed by atoms with Crippen molar-refractivity contribution in [3.8, 4) is 5.75 Å². The van der Waals surface area contributed by atoms with Crippen molar-refractivity contribution in [3.63, 3.8) is 0 Å². The summed E-state index contributed by atoms with van der Waals surface area (Å²) in [6.45, 7) is 6.42. The molecule has 1 N–H and O–H groups in total. The van der Waals surface area contributed by atoms with Gasteiger partial charge in [0, 0.05) is 18.8 Å². The molecule has 1 heterocycles. The number of aromatic nitrogens is 1. The van der Waals surface area contributed by atoms with Gasteiger partial charge in [-0.15, -0.1) is 0 Å². The van der Waals surface area contributed by atoms with Crippen molar-refractivity contribution in [2.75, 3.05) is 19.8 Å². The van der Waals surface area contributed by atoms with Crippen molar-refractivity contribution in [1.29, 1.82) is 0 Å². The van der Waals surface area contributed by atoms with Crippen LogP contribution in [0.2, 0.25) is 0 Å². The lowest BCUT2D eigenvalue weighted by atomic mass is 10.1. The third kappa shape index (κ3) is 7.34. The third-order valence-electron chi connectivity index (χ3n) is 2.75. The van der Waals surface area contributed by atoms with Crippen LogP contribution in [-0.2, 0) is 4.74 Å². The first-order valence-electron chi connectivity index (χ1n) is 7.23. The molecular formula is C15H24F2N2O2. The topological polar surface area (TPSA) is 43.4 Å². The minimum absolute atomic E-state index is 0.0101. The Kier molecular flexibility index (Phi) is 8.15. The molecule has 0 bridgehead atoms. The number of hydrogen-bond acceptors (Lipinski definition) is 4. The van der Waals surface area contributed by atoms with E-state index in [4.69, 9.17) is 9.47 Å². The van der Waals surface area contributed by atoms with Gasteiger partial charge in [-0.05, 0) is 38.4 Å². The summed E-state index contributed by atoms with van der Waals surface area (Å²) < 4.78 is 34.6. The molecular weight excluding hydrogens is 278 g/mol. The van der Waals surface area contributed by atoms with Crippen LogP contribution in [0.4, 0.5) is 8.78 Å². The second kappa shape index (κ2) is 9.63. The van der Waals surface area contributed by atoms with Crippen LogP contribution in [0.5, 0.6) is 5.75 Å². The fourth-order valence-electron chi connectivity index (χ4n) is 1.97. The molecule has 0 aliphatic heterocycles. The number of alkyl halides is 2. The van der Waals surface area contributed by atoms with E-state index in [-0.39, 0.29) is 18.8 Å². The maximum Gasteiger partial charge on any atom is 0.261 e. The highest BCUT2D eigenvalue weighted by Crippen LogP contribution is 2.21. The van der Waals surface area contributed by atoms with Crippen molar-refractivity contribution in [1.82, 2.24) is 10.3 Å². The largest absolute Gasteiger partial charge is 0.489 e. The number of halogens is 2.